The number of nitro groups is 1. The number of carbonyl (C=O) groups excluding carboxylic acids is 3. The summed E-state index contributed by atoms with van der Waals surface area (Å²) in [6.07, 6.45) is 1.55. The largest absolute Gasteiger partial charge is 0.494 e. The summed E-state index contributed by atoms with van der Waals surface area (Å²) in [6, 6.07) is 9.29. The Bertz CT molecular complexity index is 1180. The molecule has 0 bridgehead atoms. The van der Waals surface area contributed by atoms with Gasteiger partial charge in [-0.2, -0.15) is 0 Å². The molecule has 3 aliphatic heterocycles. The number of Topliss-reactive ketones (excluding diaryl/α,β-unsaturated/α-hetero) is 1. The lowest BCUT2D eigenvalue weighted by Gasteiger charge is -2.28. The monoisotopic (exact) mass is 469 g/mol. The van der Waals surface area contributed by atoms with Gasteiger partial charge in [0.25, 0.3) is 5.69 Å². The molecular formula is C23H20ClN3O6. The third-order valence-electron chi connectivity index (χ3n) is 6.86. The quantitative estimate of drug-likeness (QED) is 0.286. The van der Waals surface area contributed by atoms with Crippen molar-refractivity contribution in [3.05, 3.63) is 63.2 Å². The number of hydrogen-bond acceptors (Lipinski definition) is 7. The lowest BCUT2D eigenvalue weighted by Crippen LogP contribution is -2.46. The van der Waals surface area contributed by atoms with E-state index in [0.29, 0.717) is 17.1 Å². The zero-order valence-electron chi connectivity index (χ0n) is 17.6. The van der Waals surface area contributed by atoms with Crippen molar-refractivity contribution in [3.63, 3.8) is 0 Å². The number of ether oxygens (including phenoxy) is 1. The fraction of sp³-hybridized carbons (Fsp3) is 0.348. The molecule has 2 aromatic rings. The first-order valence-electron chi connectivity index (χ1n) is 10.6. The van der Waals surface area contributed by atoms with E-state index in [1.54, 1.807) is 24.3 Å². The van der Waals surface area contributed by atoms with E-state index in [1.165, 1.54) is 25.3 Å². The van der Waals surface area contributed by atoms with Gasteiger partial charge in [0.15, 0.2) is 5.78 Å². The van der Waals surface area contributed by atoms with Gasteiger partial charge in [0.05, 0.1) is 41.7 Å². The summed E-state index contributed by atoms with van der Waals surface area (Å²) in [5, 5.41) is 11.6. The molecule has 3 aliphatic rings. The zero-order valence-corrected chi connectivity index (χ0v) is 18.4. The van der Waals surface area contributed by atoms with Crippen LogP contribution in [0.3, 0.4) is 0 Å². The summed E-state index contributed by atoms with van der Waals surface area (Å²) < 4.78 is 5.27. The Morgan fingerprint density at radius 1 is 1.12 bits per heavy atom. The summed E-state index contributed by atoms with van der Waals surface area (Å²) in [5.74, 6) is -2.54. The molecule has 0 N–H and O–H groups in total. The highest BCUT2D eigenvalue weighted by molar-refractivity contribution is 6.30. The number of ketones is 1. The van der Waals surface area contributed by atoms with Gasteiger partial charge >= 0.3 is 0 Å². The number of non-ortho nitro benzene ring substituents is 1. The lowest BCUT2D eigenvalue weighted by atomic mass is 9.85. The molecule has 2 amide bonds. The smallest absolute Gasteiger partial charge is 0.273 e. The van der Waals surface area contributed by atoms with E-state index in [2.05, 4.69) is 0 Å². The molecule has 0 aliphatic carbocycles. The number of nitro benzene ring substituents is 1. The van der Waals surface area contributed by atoms with E-state index in [0.717, 1.165) is 17.7 Å². The molecule has 0 unspecified atom stereocenters. The maximum absolute atomic E-state index is 13.6. The Kier molecular flexibility index (Phi) is 5.18. The van der Waals surface area contributed by atoms with Gasteiger partial charge in [-0.1, -0.05) is 11.6 Å². The van der Waals surface area contributed by atoms with E-state index in [-0.39, 0.29) is 28.9 Å². The van der Waals surface area contributed by atoms with Crippen molar-refractivity contribution in [2.45, 2.75) is 24.9 Å². The van der Waals surface area contributed by atoms with Crippen LogP contribution in [-0.4, -0.2) is 53.2 Å². The first-order valence-corrected chi connectivity index (χ1v) is 11.0. The van der Waals surface area contributed by atoms with Gasteiger partial charge in [0, 0.05) is 22.7 Å². The molecule has 170 valence electrons. The Hall–Kier alpha value is -3.30. The predicted octanol–water partition coefficient (Wildman–Crippen LogP) is 3.09. The lowest BCUT2D eigenvalue weighted by molar-refractivity contribution is -0.384. The van der Waals surface area contributed by atoms with E-state index in [4.69, 9.17) is 16.3 Å². The highest BCUT2D eigenvalue weighted by Gasteiger charge is 2.65. The molecule has 0 saturated carbocycles. The van der Waals surface area contributed by atoms with E-state index in [9.17, 15) is 24.5 Å². The van der Waals surface area contributed by atoms with Crippen molar-refractivity contribution in [2.75, 3.05) is 18.6 Å². The summed E-state index contributed by atoms with van der Waals surface area (Å²) in [4.78, 5) is 54.3. The molecule has 0 radical (unpaired) electrons. The van der Waals surface area contributed by atoms with Gasteiger partial charge in [0.1, 0.15) is 5.75 Å². The summed E-state index contributed by atoms with van der Waals surface area (Å²) in [7, 11) is 1.32. The van der Waals surface area contributed by atoms with Crippen LogP contribution in [0.2, 0.25) is 5.02 Å². The minimum Gasteiger partial charge on any atom is -0.494 e. The van der Waals surface area contributed by atoms with Crippen LogP contribution in [0.15, 0.2) is 42.5 Å². The van der Waals surface area contributed by atoms with Crippen LogP contribution in [0.4, 0.5) is 11.4 Å². The summed E-state index contributed by atoms with van der Waals surface area (Å²) in [6.45, 7) is 0.642. The van der Waals surface area contributed by atoms with Crippen molar-refractivity contribution in [2.24, 2.45) is 11.8 Å². The fourth-order valence-corrected chi connectivity index (χ4v) is 5.63. The van der Waals surface area contributed by atoms with Crippen molar-refractivity contribution >= 4 is 40.6 Å². The number of imide groups is 1. The molecule has 5 rings (SSSR count). The number of carbonyl (C=O) groups is 3. The molecule has 3 fully saturated rings. The Morgan fingerprint density at radius 2 is 1.82 bits per heavy atom. The summed E-state index contributed by atoms with van der Waals surface area (Å²) >= 11 is 5.96. The Balaban J connectivity index is 1.55. The highest BCUT2D eigenvalue weighted by Crippen LogP contribution is 2.49. The molecule has 0 aromatic heterocycles. The van der Waals surface area contributed by atoms with Crippen LogP contribution >= 0.6 is 11.6 Å². The molecular weight excluding hydrogens is 450 g/mol. The number of benzene rings is 2. The fourth-order valence-electron chi connectivity index (χ4n) is 5.50. The maximum atomic E-state index is 13.6. The topological polar surface area (TPSA) is 110 Å². The number of amides is 2. The Labute approximate surface area is 194 Å². The minimum atomic E-state index is -0.828. The highest BCUT2D eigenvalue weighted by atomic mass is 35.5. The van der Waals surface area contributed by atoms with Crippen LogP contribution in [0, 0.1) is 22.0 Å². The molecule has 0 spiro atoms. The van der Waals surface area contributed by atoms with Gasteiger partial charge in [-0.25, -0.2) is 4.90 Å². The normalized spacial score (nSPS) is 26.4. The Morgan fingerprint density at radius 3 is 2.48 bits per heavy atom. The van der Waals surface area contributed by atoms with E-state index in [1.807, 2.05) is 4.90 Å². The van der Waals surface area contributed by atoms with E-state index >= 15 is 0 Å². The van der Waals surface area contributed by atoms with Crippen LogP contribution in [0.1, 0.15) is 23.2 Å². The summed E-state index contributed by atoms with van der Waals surface area (Å²) in [5.41, 5.74) is 0.365. The average molecular weight is 470 g/mol. The number of fused-ring (bicyclic) bond motifs is 3. The van der Waals surface area contributed by atoms with Gasteiger partial charge in [-0.3, -0.25) is 29.4 Å². The number of hydrogen-bond donors (Lipinski definition) is 0. The molecule has 2 aromatic carbocycles. The van der Waals surface area contributed by atoms with E-state index < -0.39 is 34.6 Å². The second kappa shape index (κ2) is 7.93. The minimum absolute atomic E-state index is 0.0507. The first-order chi connectivity index (χ1) is 15.8. The number of nitrogens with zero attached hydrogens (tertiary/aromatic N) is 3. The molecule has 9 nitrogen and oxygen atoms in total. The van der Waals surface area contributed by atoms with Crippen LogP contribution in [-0.2, 0) is 9.59 Å². The SMILES string of the molecule is COc1cc([N+](=O)[O-])ccc1N1C(=O)[C@@H]2[C@@H](C1=O)[C@@H]1CCCN1[C@@H]2C(=O)c1ccc(Cl)cc1. The van der Waals surface area contributed by atoms with Gasteiger partial charge in [0.2, 0.25) is 11.8 Å². The average Bonchev–Trinajstić information content (AvgIpc) is 3.45. The second-order valence-electron chi connectivity index (χ2n) is 8.44. The van der Waals surface area contributed by atoms with Gasteiger partial charge in [-0.05, 0) is 49.7 Å². The van der Waals surface area contributed by atoms with Crippen molar-refractivity contribution < 1.29 is 24.0 Å². The molecule has 3 heterocycles. The molecule has 10 heteroatoms. The van der Waals surface area contributed by atoms with Gasteiger partial charge < -0.3 is 4.74 Å². The second-order valence-corrected chi connectivity index (χ2v) is 8.88. The molecule has 4 atom stereocenters. The van der Waals surface area contributed by atoms with Crippen molar-refractivity contribution in [1.29, 1.82) is 0 Å². The number of methoxy groups -OCH3 is 1. The van der Waals surface area contributed by atoms with Crippen LogP contribution in [0.25, 0.3) is 0 Å². The predicted molar refractivity (Wildman–Crippen MR) is 118 cm³/mol. The number of halogens is 1. The first kappa shape index (κ1) is 21.5. The number of rotatable bonds is 5. The van der Waals surface area contributed by atoms with Crippen LogP contribution < -0.4 is 9.64 Å². The van der Waals surface area contributed by atoms with Gasteiger partial charge in [-0.15, -0.1) is 0 Å². The standard InChI is InChI=1S/C23H20ClN3O6/c1-33-17-11-14(27(31)32)8-9-15(17)26-22(29)18-16-3-2-10-25(16)20(19(18)23(26)30)21(28)12-4-6-13(24)7-5-12/h4-9,11,16,18-20H,2-3,10H2,1H3/t16-,18-,19+,20-/m0/s1. The molecule has 3 saturated heterocycles. The third kappa shape index (κ3) is 3.22. The molecule has 33 heavy (non-hydrogen) atoms. The van der Waals surface area contributed by atoms with Crippen molar-refractivity contribution in [3.8, 4) is 5.75 Å². The van der Waals surface area contributed by atoms with Crippen molar-refractivity contribution in [1.82, 2.24) is 4.90 Å². The van der Waals surface area contributed by atoms with Crippen LogP contribution in [0.5, 0.6) is 5.75 Å². The zero-order chi connectivity index (χ0) is 23.4. The number of anilines is 1. The third-order valence-corrected chi connectivity index (χ3v) is 7.12. The maximum Gasteiger partial charge on any atom is 0.273 e.